The summed E-state index contributed by atoms with van der Waals surface area (Å²) in [5.74, 6) is -0.911. The van der Waals surface area contributed by atoms with Crippen LogP contribution < -0.4 is 10.6 Å². The van der Waals surface area contributed by atoms with Crippen LogP contribution >= 0.6 is 0 Å². The molecular formula is C13H16F2N2O. The van der Waals surface area contributed by atoms with Crippen molar-refractivity contribution in [2.24, 2.45) is 5.92 Å². The van der Waals surface area contributed by atoms with Gasteiger partial charge in [-0.1, -0.05) is 0 Å². The summed E-state index contributed by atoms with van der Waals surface area (Å²) in [7, 11) is 0. The third-order valence-electron chi connectivity index (χ3n) is 3.11. The van der Waals surface area contributed by atoms with Crippen molar-refractivity contribution < 1.29 is 13.6 Å². The molecule has 1 atom stereocenters. The van der Waals surface area contributed by atoms with Crippen molar-refractivity contribution in [3.63, 3.8) is 0 Å². The van der Waals surface area contributed by atoms with E-state index < -0.39 is 11.6 Å². The van der Waals surface area contributed by atoms with E-state index in [1.165, 1.54) is 0 Å². The van der Waals surface area contributed by atoms with Crippen molar-refractivity contribution in [2.75, 3.05) is 19.6 Å². The van der Waals surface area contributed by atoms with E-state index in [4.69, 9.17) is 0 Å². The molecule has 0 radical (unpaired) electrons. The van der Waals surface area contributed by atoms with Crippen LogP contribution in [0.25, 0.3) is 0 Å². The number of hydrogen-bond donors (Lipinski definition) is 2. The topological polar surface area (TPSA) is 41.1 Å². The zero-order valence-electron chi connectivity index (χ0n) is 10.0. The molecule has 0 unspecified atom stereocenters. The average molecular weight is 254 g/mol. The minimum Gasteiger partial charge on any atom is -0.355 e. The van der Waals surface area contributed by atoms with Gasteiger partial charge in [-0.3, -0.25) is 4.79 Å². The zero-order chi connectivity index (χ0) is 13.0. The summed E-state index contributed by atoms with van der Waals surface area (Å²) < 4.78 is 26.2. The quantitative estimate of drug-likeness (QED) is 0.848. The highest BCUT2D eigenvalue weighted by atomic mass is 19.1. The van der Waals surface area contributed by atoms with Gasteiger partial charge < -0.3 is 10.6 Å². The fraction of sp³-hybridized carbons (Fsp3) is 0.462. The van der Waals surface area contributed by atoms with Crippen molar-refractivity contribution in [1.82, 2.24) is 10.6 Å². The van der Waals surface area contributed by atoms with Crippen molar-refractivity contribution in [3.05, 3.63) is 35.4 Å². The lowest BCUT2D eigenvalue weighted by Gasteiger charge is -2.10. The van der Waals surface area contributed by atoms with Crippen molar-refractivity contribution >= 4 is 5.91 Å². The second kappa shape index (κ2) is 5.91. The Morgan fingerprint density at radius 2 is 2.28 bits per heavy atom. The molecule has 1 aliphatic rings. The number of rotatable bonds is 4. The van der Waals surface area contributed by atoms with Gasteiger partial charge >= 0.3 is 0 Å². The Bertz CT molecular complexity index is 431. The van der Waals surface area contributed by atoms with E-state index in [2.05, 4.69) is 10.6 Å². The van der Waals surface area contributed by atoms with E-state index in [9.17, 15) is 13.6 Å². The Labute approximate surface area is 105 Å². The summed E-state index contributed by atoms with van der Waals surface area (Å²) in [4.78, 5) is 11.6. The van der Waals surface area contributed by atoms with E-state index in [1.54, 1.807) is 0 Å². The van der Waals surface area contributed by atoms with Crippen LogP contribution in [0, 0.1) is 17.6 Å². The van der Waals surface area contributed by atoms with Crippen LogP contribution in [0.1, 0.15) is 12.0 Å². The Morgan fingerprint density at radius 1 is 1.44 bits per heavy atom. The second-order valence-corrected chi connectivity index (χ2v) is 4.58. The molecule has 0 aromatic heterocycles. The number of carbonyl (C=O) groups is 1. The largest absolute Gasteiger partial charge is 0.355 e. The van der Waals surface area contributed by atoms with Gasteiger partial charge in [-0.25, -0.2) is 8.78 Å². The van der Waals surface area contributed by atoms with Crippen LogP contribution in [0.3, 0.4) is 0 Å². The zero-order valence-corrected chi connectivity index (χ0v) is 10.0. The van der Waals surface area contributed by atoms with Crippen LogP contribution in [-0.2, 0) is 11.2 Å². The molecule has 0 bridgehead atoms. The monoisotopic (exact) mass is 254 g/mol. The first-order chi connectivity index (χ1) is 8.65. The van der Waals surface area contributed by atoms with Gasteiger partial charge in [0.05, 0.1) is 6.42 Å². The minimum atomic E-state index is -0.547. The molecule has 3 nitrogen and oxygen atoms in total. The number of benzene rings is 1. The smallest absolute Gasteiger partial charge is 0.224 e. The lowest BCUT2D eigenvalue weighted by molar-refractivity contribution is -0.120. The third kappa shape index (κ3) is 3.50. The number of halogens is 2. The number of amides is 1. The van der Waals surface area contributed by atoms with Crippen LogP contribution in [0.4, 0.5) is 8.78 Å². The number of carbonyl (C=O) groups excluding carboxylic acids is 1. The normalized spacial score (nSPS) is 18.9. The lowest BCUT2D eigenvalue weighted by Crippen LogP contribution is -2.31. The summed E-state index contributed by atoms with van der Waals surface area (Å²) in [5, 5.41) is 5.95. The molecule has 1 aliphatic heterocycles. The van der Waals surface area contributed by atoms with Gasteiger partial charge in [0, 0.05) is 12.1 Å². The Hall–Kier alpha value is -1.49. The molecule has 2 N–H and O–H groups in total. The van der Waals surface area contributed by atoms with Gasteiger partial charge in [0.2, 0.25) is 5.91 Å². The molecule has 1 saturated heterocycles. The van der Waals surface area contributed by atoms with Gasteiger partial charge in [0.25, 0.3) is 0 Å². The maximum atomic E-state index is 13.3. The summed E-state index contributed by atoms with van der Waals surface area (Å²) >= 11 is 0. The minimum absolute atomic E-state index is 0.0945. The Kier molecular flexibility index (Phi) is 4.25. The van der Waals surface area contributed by atoms with E-state index >= 15 is 0 Å². The highest BCUT2D eigenvalue weighted by Gasteiger charge is 2.16. The highest BCUT2D eigenvalue weighted by molar-refractivity contribution is 5.78. The first kappa shape index (κ1) is 13.0. The molecule has 1 fully saturated rings. The molecule has 0 aliphatic carbocycles. The second-order valence-electron chi connectivity index (χ2n) is 4.58. The number of nitrogens with one attached hydrogen (secondary N) is 2. The molecule has 18 heavy (non-hydrogen) atoms. The fourth-order valence-electron chi connectivity index (χ4n) is 2.06. The summed E-state index contributed by atoms with van der Waals surface area (Å²) in [6, 6.07) is 3.14. The van der Waals surface area contributed by atoms with E-state index in [-0.39, 0.29) is 17.9 Å². The van der Waals surface area contributed by atoms with Gasteiger partial charge in [-0.2, -0.15) is 0 Å². The van der Waals surface area contributed by atoms with Gasteiger partial charge in [0.15, 0.2) is 0 Å². The molecule has 1 heterocycles. The highest BCUT2D eigenvalue weighted by Crippen LogP contribution is 2.10. The first-order valence-electron chi connectivity index (χ1n) is 6.06. The van der Waals surface area contributed by atoms with Crippen LogP contribution in [0.2, 0.25) is 0 Å². The SMILES string of the molecule is O=C(Cc1cc(F)ccc1F)NC[C@@H]1CCNC1. The standard InChI is InChI=1S/C13H16F2N2O/c14-11-1-2-12(15)10(5-11)6-13(18)17-8-9-3-4-16-7-9/h1-2,5,9,16H,3-4,6-8H2,(H,17,18)/t9-/m1/s1. The Balaban J connectivity index is 1.84. The van der Waals surface area contributed by atoms with Crippen LogP contribution in [0.5, 0.6) is 0 Å². The van der Waals surface area contributed by atoms with Gasteiger partial charge in [-0.05, 0) is 43.6 Å². The third-order valence-corrected chi connectivity index (χ3v) is 3.11. The van der Waals surface area contributed by atoms with Gasteiger partial charge in [-0.15, -0.1) is 0 Å². The van der Waals surface area contributed by atoms with E-state index in [0.29, 0.717) is 12.5 Å². The molecule has 98 valence electrons. The molecule has 1 aromatic carbocycles. The summed E-state index contributed by atoms with van der Waals surface area (Å²) in [6.07, 6.45) is 0.915. The van der Waals surface area contributed by atoms with Crippen molar-refractivity contribution in [1.29, 1.82) is 0 Å². The molecular weight excluding hydrogens is 238 g/mol. The van der Waals surface area contributed by atoms with E-state index in [1.807, 2.05) is 0 Å². The molecule has 0 saturated carbocycles. The average Bonchev–Trinajstić information content (AvgIpc) is 2.84. The molecule has 5 heteroatoms. The van der Waals surface area contributed by atoms with Crippen LogP contribution in [0.15, 0.2) is 18.2 Å². The predicted molar refractivity (Wildman–Crippen MR) is 64.0 cm³/mol. The molecule has 2 rings (SSSR count). The van der Waals surface area contributed by atoms with Crippen LogP contribution in [-0.4, -0.2) is 25.5 Å². The summed E-state index contributed by atoms with van der Waals surface area (Å²) in [6.45, 7) is 2.45. The molecule has 1 amide bonds. The number of hydrogen-bond acceptors (Lipinski definition) is 2. The first-order valence-corrected chi connectivity index (χ1v) is 6.06. The van der Waals surface area contributed by atoms with E-state index in [0.717, 1.165) is 37.7 Å². The van der Waals surface area contributed by atoms with Gasteiger partial charge in [0.1, 0.15) is 11.6 Å². The maximum absolute atomic E-state index is 13.3. The molecule has 1 aromatic rings. The maximum Gasteiger partial charge on any atom is 0.224 e. The van der Waals surface area contributed by atoms with Crippen molar-refractivity contribution in [3.8, 4) is 0 Å². The fourth-order valence-corrected chi connectivity index (χ4v) is 2.06. The molecule has 0 spiro atoms. The summed E-state index contributed by atoms with van der Waals surface area (Å²) in [5.41, 5.74) is 0.0945. The lowest BCUT2D eigenvalue weighted by atomic mass is 10.1. The predicted octanol–water partition coefficient (Wildman–Crippen LogP) is 1.23. The van der Waals surface area contributed by atoms with Crippen molar-refractivity contribution in [2.45, 2.75) is 12.8 Å². The Morgan fingerprint density at radius 3 is 3.00 bits per heavy atom.